The van der Waals surface area contributed by atoms with Crippen molar-refractivity contribution in [2.45, 2.75) is 39.8 Å². The molecule has 2 atom stereocenters. The molecule has 6 heteroatoms. The zero-order chi connectivity index (χ0) is 17.6. The Balaban J connectivity index is 2.82. The van der Waals surface area contributed by atoms with Gasteiger partial charge in [0, 0.05) is 11.0 Å². The molecular weight excluding hydrogens is 298 g/mol. The van der Waals surface area contributed by atoms with Crippen molar-refractivity contribution in [2.24, 2.45) is 5.41 Å². The van der Waals surface area contributed by atoms with Gasteiger partial charge >= 0.3 is 11.9 Å². The van der Waals surface area contributed by atoms with Gasteiger partial charge in [0.25, 0.3) is 0 Å². The fourth-order valence-electron chi connectivity index (χ4n) is 1.68. The van der Waals surface area contributed by atoms with Gasteiger partial charge in [0.05, 0.1) is 7.11 Å². The first-order chi connectivity index (χ1) is 10.7. The average molecular weight is 321 g/mol. The molecule has 0 aromatic heterocycles. The third-order valence-electron chi connectivity index (χ3n) is 3.13. The largest absolute Gasteiger partial charge is 0.466 e. The Hall–Kier alpha value is -2.37. The minimum atomic E-state index is -1.16. The number of hydrogen-bond donors (Lipinski definition) is 1. The second-order valence-electron chi connectivity index (χ2n) is 6.20. The van der Waals surface area contributed by atoms with E-state index >= 15 is 0 Å². The number of carbonyl (C=O) groups is 3. The van der Waals surface area contributed by atoms with E-state index < -0.39 is 29.5 Å². The van der Waals surface area contributed by atoms with Crippen LogP contribution in [0.2, 0.25) is 0 Å². The third-order valence-corrected chi connectivity index (χ3v) is 3.13. The number of carbonyl (C=O) groups excluding carboxylic acids is 3. The minimum Gasteiger partial charge on any atom is -0.466 e. The molecule has 0 saturated carbocycles. The van der Waals surface area contributed by atoms with Gasteiger partial charge in [0.15, 0.2) is 0 Å². The van der Waals surface area contributed by atoms with E-state index in [4.69, 9.17) is 4.74 Å². The maximum atomic E-state index is 12.2. The van der Waals surface area contributed by atoms with Crippen LogP contribution in [0.4, 0.5) is 0 Å². The fourth-order valence-corrected chi connectivity index (χ4v) is 1.68. The fraction of sp³-hybridized carbons (Fsp3) is 0.471. The van der Waals surface area contributed by atoms with Crippen LogP contribution in [0.1, 0.15) is 39.4 Å². The summed E-state index contributed by atoms with van der Waals surface area (Å²) in [5.74, 6) is -1.67. The Bertz CT molecular complexity index is 562. The predicted octanol–water partition coefficient (Wildman–Crippen LogP) is 1.99. The predicted molar refractivity (Wildman–Crippen MR) is 84.4 cm³/mol. The van der Waals surface area contributed by atoms with Gasteiger partial charge in [-0.3, -0.25) is 4.79 Å². The molecule has 1 amide bonds. The van der Waals surface area contributed by atoms with Crippen molar-refractivity contribution < 1.29 is 23.9 Å². The van der Waals surface area contributed by atoms with Crippen LogP contribution < -0.4 is 5.32 Å². The maximum Gasteiger partial charge on any atom is 0.351 e. The molecule has 0 heterocycles. The van der Waals surface area contributed by atoms with E-state index in [9.17, 15) is 14.4 Å². The molecule has 1 aromatic carbocycles. The van der Waals surface area contributed by atoms with E-state index in [0.717, 1.165) is 0 Å². The highest BCUT2D eigenvalue weighted by atomic mass is 16.6. The monoisotopic (exact) mass is 321 g/mol. The first kappa shape index (κ1) is 18.7. The molecule has 0 aliphatic rings. The first-order valence-electron chi connectivity index (χ1n) is 7.31. The van der Waals surface area contributed by atoms with Crippen molar-refractivity contribution in [3.63, 3.8) is 0 Å². The van der Waals surface area contributed by atoms with Crippen LogP contribution in [0, 0.1) is 5.41 Å². The molecule has 0 fully saturated rings. The van der Waals surface area contributed by atoms with E-state index in [1.165, 1.54) is 14.0 Å². The molecule has 0 bridgehead atoms. The molecule has 0 aliphatic carbocycles. The van der Waals surface area contributed by atoms with Crippen LogP contribution in [0.25, 0.3) is 0 Å². The zero-order valence-electron chi connectivity index (χ0n) is 14.1. The van der Waals surface area contributed by atoms with Gasteiger partial charge in [0.2, 0.25) is 12.0 Å². The van der Waals surface area contributed by atoms with Gasteiger partial charge in [-0.2, -0.15) is 0 Å². The number of nitrogens with one attached hydrogen (secondary N) is 1. The zero-order valence-corrected chi connectivity index (χ0v) is 14.1. The first-order valence-corrected chi connectivity index (χ1v) is 7.31. The summed E-state index contributed by atoms with van der Waals surface area (Å²) in [5.41, 5.74) is -0.127. The van der Waals surface area contributed by atoms with Crippen LogP contribution in [-0.2, 0) is 23.9 Å². The molecule has 0 unspecified atom stereocenters. The lowest BCUT2D eigenvalue weighted by Gasteiger charge is -2.23. The highest BCUT2D eigenvalue weighted by molar-refractivity contribution is 5.88. The summed E-state index contributed by atoms with van der Waals surface area (Å²) in [6, 6.07) is 7.68. The lowest BCUT2D eigenvalue weighted by atomic mass is 9.95. The number of hydrogen-bond acceptors (Lipinski definition) is 5. The standard InChI is InChI=1S/C17H23NO5/c1-11(18-16(21)17(2,3)4)14(19)23-13(15(20)22-5)12-9-7-6-8-10-12/h6-11,13H,1-5H3,(H,18,21)/t11-,13+/m0/s1. The number of amides is 1. The highest BCUT2D eigenvalue weighted by Gasteiger charge is 2.30. The molecule has 0 spiro atoms. The van der Waals surface area contributed by atoms with Gasteiger partial charge in [-0.1, -0.05) is 51.1 Å². The second-order valence-corrected chi connectivity index (χ2v) is 6.20. The Morgan fingerprint density at radius 3 is 2.09 bits per heavy atom. The van der Waals surface area contributed by atoms with Crippen molar-refractivity contribution in [1.29, 1.82) is 0 Å². The summed E-state index contributed by atoms with van der Waals surface area (Å²) in [7, 11) is 1.22. The van der Waals surface area contributed by atoms with Crippen LogP contribution in [0.3, 0.4) is 0 Å². The van der Waals surface area contributed by atoms with Crippen molar-refractivity contribution in [3.8, 4) is 0 Å². The number of benzene rings is 1. The third kappa shape index (κ3) is 5.39. The van der Waals surface area contributed by atoms with Crippen LogP contribution in [0.15, 0.2) is 30.3 Å². The number of esters is 2. The Labute approximate surface area is 136 Å². The number of rotatable bonds is 5. The van der Waals surface area contributed by atoms with Gasteiger partial charge in [-0.25, -0.2) is 9.59 Å². The Morgan fingerprint density at radius 1 is 1.04 bits per heavy atom. The molecule has 1 aromatic rings. The number of ether oxygens (including phenoxy) is 2. The Morgan fingerprint density at radius 2 is 1.61 bits per heavy atom. The molecule has 0 radical (unpaired) electrons. The van der Waals surface area contributed by atoms with E-state index in [-0.39, 0.29) is 5.91 Å². The van der Waals surface area contributed by atoms with E-state index in [1.807, 2.05) is 0 Å². The molecular formula is C17H23NO5. The summed E-state index contributed by atoms with van der Waals surface area (Å²) in [6.07, 6.45) is -1.16. The van der Waals surface area contributed by atoms with Crippen molar-refractivity contribution in [2.75, 3.05) is 7.11 Å². The summed E-state index contributed by atoms with van der Waals surface area (Å²) in [6.45, 7) is 6.72. The molecule has 0 saturated heterocycles. The summed E-state index contributed by atoms with van der Waals surface area (Å²) in [5, 5.41) is 2.57. The van der Waals surface area contributed by atoms with Gasteiger partial charge < -0.3 is 14.8 Å². The second kappa shape index (κ2) is 7.76. The van der Waals surface area contributed by atoms with Crippen LogP contribution in [0.5, 0.6) is 0 Å². The highest BCUT2D eigenvalue weighted by Crippen LogP contribution is 2.20. The average Bonchev–Trinajstić information content (AvgIpc) is 2.51. The van der Waals surface area contributed by atoms with E-state index in [2.05, 4.69) is 10.1 Å². The van der Waals surface area contributed by atoms with Crippen molar-refractivity contribution in [1.82, 2.24) is 5.32 Å². The Kier molecular flexibility index (Phi) is 6.30. The van der Waals surface area contributed by atoms with E-state index in [0.29, 0.717) is 5.56 Å². The topological polar surface area (TPSA) is 81.7 Å². The molecule has 1 rings (SSSR count). The van der Waals surface area contributed by atoms with Gasteiger partial charge in [0.1, 0.15) is 6.04 Å². The molecule has 0 aliphatic heterocycles. The summed E-state index contributed by atoms with van der Waals surface area (Å²) in [4.78, 5) is 35.9. The maximum absolute atomic E-state index is 12.2. The van der Waals surface area contributed by atoms with Gasteiger partial charge in [-0.05, 0) is 6.92 Å². The SMILES string of the molecule is COC(=O)[C@H](OC(=O)[C@H](C)NC(=O)C(C)(C)C)c1ccccc1. The molecule has 6 nitrogen and oxygen atoms in total. The van der Waals surface area contributed by atoms with Crippen LogP contribution >= 0.6 is 0 Å². The van der Waals surface area contributed by atoms with Crippen molar-refractivity contribution in [3.05, 3.63) is 35.9 Å². The normalized spacial score (nSPS) is 13.6. The molecule has 126 valence electrons. The number of methoxy groups -OCH3 is 1. The lowest BCUT2D eigenvalue weighted by Crippen LogP contribution is -2.45. The van der Waals surface area contributed by atoms with Crippen LogP contribution in [-0.4, -0.2) is 31.0 Å². The summed E-state index contributed by atoms with van der Waals surface area (Å²) < 4.78 is 9.92. The smallest absolute Gasteiger partial charge is 0.351 e. The van der Waals surface area contributed by atoms with Crippen molar-refractivity contribution >= 4 is 17.8 Å². The molecule has 1 N–H and O–H groups in total. The summed E-state index contributed by atoms with van der Waals surface area (Å²) >= 11 is 0. The minimum absolute atomic E-state index is 0.281. The van der Waals surface area contributed by atoms with Gasteiger partial charge in [-0.15, -0.1) is 0 Å². The lowest BCUT2D eigenvalue weighted by molar-refractivity contribution is -0.168. The van der Waals surface area contributed by atoms with E-state index in [1.54, 1.807) is 51.1 Å². The quantitative estimate of drug-likeness (QED) is 0.839. The molecule has 23 heavy (non-hydrogen) atoms.